The average Bonchev–Trinajstić information content (AvgIpc) is 2.99. The molecule has 0 radical (unpaired) electrons. The minimum absolute atomic E-state index is 0.140. The van der Waals surface area contributed by atoms with E-state index in [0.29, 0.717) is 11.1 Å². The summed E-state index contributed by atoms with van der Waals surface area (Å²) in [6.07, 6.45) is 10.6. The number of nitrogens with zero attached hydrogens (tertiary/aromatic N) is 2. The highest BCUT2D eigenvalue weighted by molar-refractivity contribution is 6.39. The summed E-state index contributed by atoms with van der Waals surface area (Å²) in [5.74, 6) is -1.04. The molecule has 2 amide bonds. The van der Waals surface area contributed by atoms with Crippen molar-refractivity contribution in [1.82, 2.24) is 0 Å². The Morgan fingerprint density at radius 1 is 1.07 bits per heavy atom. The molecular formula is C22H26N4O2. The van der Waals surface area contributed by atoms with E-state index in [1.807, 2.05) is 12.1 Å². The van der Waals surface area contributed by atoms with Gasteiger partial charge < -0.3 is 16.4 Å². The monoisotopic (exact) mass is 378 g/mol. The predicted molar refractivity (Wildman–Crippen MR) is 106 cm³/mol. The molecule has 4 N–H and O–H groups in total. The number of fused-ring (bicyclic) bond motifs is 3. The van der Waals surface area contributed by atoms with Crippen molar-refractivity contribution >= 4 is 23.1 Å². The van der Waals surface area contributed by atoms with Crippen molar-refractivity contribution in [2.75, 3.05) is 4.90 Å². The molecule has 6 heteroatoms. The van der Waals surface area contributed by atoms with Gasteiger partial charge in [0.15, 0.2) is 0 Å². The Kier molecular flexibility index (Phi) is 3.86. The lowest BCUT2D eigenvalue weighted by Gasteiger charge is -2.52. The van der Waals surface area contributed by atoms with Crippen molar-refractivity contribution in [3.63, 3.8) is 0 Å². The fourth-order valence-electron chi connectivity index (χ4n) is 5.86. The maximum atomic E-state index is 11.8. The average molecular weight is 378 g/mol. The van der Waals surface area contributed by atoms with E-state index in [9.17, 15) is 9.59 Å². The van der Waals surface area contributed by atoms with E-state index in [4.69, 9.17) is 16.5 Å². The van der Waals surface area contributed by atoms with Crippen molar-refractivity contribution in [1.29, 1.82) is 0 Å². The van der Waals surface area contributed by atoms with Gasteiger partial charge in [-0.25, -0.2) is 0 Å². The van der Waals surface area contributed by atoms with Gasteiger partial charge in [-0.05, 0) is 68.7 Å². The van der Waals surface area contributed by atoms with Crippen molar-refractivity contribution in [3.05, 3.63) is 40.0 Å². The number of rotatable bonds is 2. The molecular weight excluding hydrogens is 352 g/mol. The molecule has 0 aromatic heterocycles. The number of amides is 2. The van der Waals surface area contributed by atoms with Gasteiger partial charge in [-0.3, -0.25) is 14.6 Å². The van der Waals surface area contributed by atoms with Crippen LogP contribution in [0.5, 0.6) is 0 Å². The summed E-state index contributed by atoms with van der Waals surface area (Å²) in [6.45, 7) is 0. The molecule has 5 rings (SSSR count). The van der Waals surface area contributed by atoms with E-state index < -0.39 is 11.8 Å². The van der Waals surface area contributed by atoms with E-state index in [0.717, 1.165) is 30.3 Å². The molecule has 2 aliphatic heterocycles. The van der Waals surface area contributed by atoms with Gasteiger partial charge in [-0.15, -0.1) is 0 Å². The molecule has 1 aromatic carbocycles. The second-order valence-corrected chi connectivity index (χ2v) is 8.54. The number of carbonyl (C=O) groups is 2. The fraction of sp³-hybridized carbons (Fsp3) is 0.500. The Balaban J connectivity index is 1.76. The number of hydrogen-bond donors (Lipinski definition) is 2. The zero-order chi connectivity index (χ0) is 19.5. The van der Waals surface area contributed by atoms with Crippen LogP contribution in [0.1, 0.15) is 57.8 Å². The first-order valence-corrected chi connectivity index (χ1v) is 10.4. The Hall–Kier alpha value is -2.63. The Labute approximate surface area is 164 Å². The van der Waals surface area contributed by atoms with Crippen LogP contribution in [0.15, 0.2) is 34.5 Å². The van der Waals surface area contributed by atoms with E-state index in [-0.39, 0.29) is 11.2 Å². The minimum atomic E-state index is -0.788. The fourth-order valence-corrected chi connectivity index (χ4v) is 5.86. The largest absolute Gasteiger partial charge is 0.365 e. The number of primary amides is 2. The lowest BCUT2D eigenvalue weighted by Crippen LogP contribution is -2.55. The summed E-state index contributed by atoms with van der Waals surface area (Å²) in [4.78, 5) is 31.4. The summed E-state index contributed by atoms with van der Waals surface area (Å²) < 4.78 is 0. The number of anilines is 1. The summed E-state index contributed by atoms with van der Waals surface area (Å²) in [6, 6.07) is 5.56. The quantitative estimate of drug-likeness (QED) is 0.760. The van der Waals surface area contributed by atoms with Crippen LogP contribution in [-0.4, -0.2) is 17.5 Å². The number of carbonyl (C=O) groups excluding carboxylic acids is 2. The Morgan fingerprint density at radius 3 is 2.64 bits per heavy atom. The molecule has 28 heavy (non-hydrogen) atoms. The van der Waals surface area contributed by atoms with Gasteiger partial charge in [-0.2, -0.15) is 0 Å². The number of hydrogen-bond acceptors (Lipinski definition) is 4. The molecule has 6 nitrogen and oxygen atoms in total. The normalized spacial score (nSPS) is 27.9. The van der Waals surface area contributed by atoms with Gasteiger partial charge in [0.1, 0.15) is 11.2 Å². The van der Waals surface area contributed by atoms with Crippen molar-refractivity contribution in [2.24, 2.45) is 22.4 Å². The molecule has 0 bridgehead atoms. The number of benzene rings is 1. The van der Waals surface area contributed by atoms with Crippen LogP contribution in [0, 0.1) is 5.92 Å². The topological polar surface area (TPSA) is 102 Å². The van der Waals surface area contributed by atoms with Crippen molar-refractivity contribution in [3.8, 4) is 0 Å². The zero-order valence-electron chi connectivity index (χ0n) is 16.0. The molecule has 4 aliphatic rings. The van der Waals surface area contributed by atoms with Gasteiger partial charge in [0.05, 0.1) is 11.0 Å². The van der Waals surface area contributed by atoms with Gasteiger partial charge in [-0.1, -0.05) is 18.1 Å². The van der Waals surface area contributed by atoms with Crippen LogP contribution in [0.25, 0.3) is 5.57 Å². The molecule has 2 atom stereocenters. The summed E-state index contributed by atoms with van der Waals surface area (Å²) >= 11 is 0. The molecule has 1 aromatic rings. The number of allylic oxidation sites excluding steroid dienone is 2. The van der Waals surface area contributed by atoms with Crippen LogP contribution in [0.3, 0.4) is 0 Å². The lowest BCUT2D eigenvalue weighted by molar-refractivity contribution is -0.117. The van der Waals surface area contributed by atoms with Gasteiger partial charge in [0, 0.05) is 11.6 Å². The summed E-state index contributed by atoms with van der Waals surface area (Å²) in [5.41, 5.74) is 14.5. The molecule has 2 heterocycles. The highest BCUT2D eigenvalue weighted by Crippen LogP contribution is 2.53. The maximum absolute atomic E-state index is 11.8. The molecule has 1 fully saturated rings. The van der Waals surface area contributed by atoms with Gasteiger partial charge in [0.25, 0.3) is 11.8 Å². The zero-order valence-corrected chi connectivity index (χ0v) is 16.0. The lowest BCUT2D eigenvalue weighted by atomic mass is 9.70. The Bertz CT molecular complexity index is 1030. The Morgan fingerprint density at radius 2 is 1.86 bits per heavy atom. The van der Waals surface area contributed by atoms with Crippen LogP contribution >= 0.6 is 0 Å². The van der Waals surface area contributed by atoms with E-state index in [1.165, 1.54) is 44.2 Å². The molecule has 0 saturated heterocycles. The molecule has 2 aliphatic carbocycles. The van der Waals surface area contributed by atoms with E-state index in [2.05, 4.69) is 4.90 Å². The summed E-state index contributed by atoms with van der Waals surface area (Å²) in [5, 5.41) is 1.44. The third kappa shape index (κ3) is 2.36. The van der Waals surface area contributed by atoms with Crippen LogP contribution in [-0.2, 0) is 9.59 Å². The first-order chi connectivity index (χ1) is 13.5. The molecule has 1 saturated carbocycles. The SMILES string of the molecule is NC(=O)C(C(N)=O)=c1ccc2c(c1)N1C3=C(CCCC3)CC3CCCC[C@]31N=2. The van der Waals surface area contributed by atoms with Gasteiger partial charge in [0.2, 0.25) is 0 Å². The standard InChI is InChI=1S/C22H26N4O2/c23-20(27)19(21(24)28)14-8-9-16-18(12-14)26-17-7-2-1-5-13(17)11-15-6-3-4-10-22(15,26)25-16/h8-9,12,15H,1-7,10-11H2,(H2,23,27)(H2,24,28)/t15?,22-/m1/s1. The van der Waals surface area contributed by atoms with Crippen LogP contribution < -0.4 is 26.9 Å². The van der Waals surface area contributed by atoms with E-state index in [1.54, 1.807) is 11.6 Å². The highest BCUT2D eigenvalue weighted by atomic mass is 16.2. The minimum Gasteiger partial charge on any atom is -0.365 e. The second kappa shape index (κ2) is 6.19. The van der Waals surface area contributed by atoms with Crippen LogP contribution in [0.4, 0.5) is 5.69 Å². The van der Waals surface area contributed by atoms with E-state index >= 15 is 0 Å². The van der Waals surface area contributed by atoms with Gasteiger partial charge >= 0.3 is 0 Å². The highest BCUT2D eigenvalue weighted by Gasteiger charge is 2.53. The molecule has 1 unspecified atom stereocenters. The third-order valence-electron chi connectivity index (χ3n) is 7.01. The first-order valence-electron chi connectivity index (χ1n) is 10.4. The second-order valence-electron chi connectivity index (χ2n) is 8.54. The third-order valence-corrected chi connectivity index (χ3v) is 7.01. The van der Waals surface area contributed by atoms with Crippen molar-refractivity contribution in [2.45, 2.75) is 63.5 Å². The van der Waals surface area contributed by atoms with Crippen LogP contribution in [0.2, 0.25) is 0 Å². The maximum Gasteiger partial charge on any atom is 0.254 e. The number of nitrogens with two attached hydrogens (primary N) is 2. The molecule has 1 spiro atoms. The molecule has 146 valence electrons. The smallest absolute Gasteiger partial charge is 0.254 e. The first kappa shape index (κ1) is 17.5. The summed E-state index contributed by atoms with van der Waals surface area (Å²) in [7, 11) is 0. The van der Waals surface area contributed by atoms with Crippen molar-refractivity contribution < 1.29 is 9.59 Å². The predicted octanol–water partition coefficient (Wildman–Crippen LogP) is 1.37.